The van der Waals surface area contributed by atoms with Crippen LogP contribution in [-0.2, 0) is 4.74 Å². The number of carbonyl (C=O) groups is 1. The minimum absolute atomic E-state index is 0.0121. The summed E-state index contributed by atoms with van der Waals surface area (Å²) < 4.78 is 17.0. The Morgan fingerprint density at radius 2 is 2.04 bits per heavy atom. The molecule has 0 unspecified atom stereocenters. The molecule has 0 aromatic carbocycles. The first-order valence-electron chi connectivity index (χ1n) is 8.18. The molecule has 2 saturated heterocycles. The van der Waals surface area contributed by atoms with Gasteiger partial charge in [0.05, 0.1) is 11.7 Å². The highest BCUT2D eigenvalue weighted by Gasteiger charge is 2.44. The Bertz CT molecular complexity index is 593. The summed E-state index contributed by atoms with van der Waals surface area (Å²) in [7, 11) is 0. The van der Waals surface area contributed by atoms with E-state index in [0.29, 0.717) is 62.1 Å². The number of aliphatic hydroxyl groups is 1. The lowest BCUT2D eigenvalue weighted by molar-refractivity contribution is -0.174. The number of carbonyl (C=O) groups excluding carboxylic acids is 1. The van der Waals surface area contributed by atoms with Crippen molar-refractivity contribution in [1.29, 1.82) is 0 Å². The van der Waals surface area contributed by atoms with E-state index >= 15 is 0 Å². The van der Waals surface area contributed by atoms with Gasteiger partial charge in [0.2, 0.25) is 0 Å². The van der Waals surface area contributed by atoms with Crippen LogP contribution in [0.4, 0.5) is 0 Å². The molecule has 0 saturated carbocycles. The molecule has 1 aromatic heterocycles. The number of aliphatic hydroxyl groups excluding tert-OH is 1. The first-order valence-corrected chi connectivity index (χ1v) is 9.06. The summed E-state index contributed by atoms with van der Waals surface area (Å²) in [6.45, 7) is 2.91. The molecule has 3 aliphatic rings. The molecule has 4 rings (SSSR count). The maximum atomic E-state index is 12.8. The van der Waals surface area contributed by atoms with Gasteiger partial charge in [0.15, 0.2) is 11.5 Å². The number of fused-ring (bicyclic) bond motifs is 1. The average Bonchev–Trinajstić information content (AvgIpc) is 3.02. The molecule has 3 aliphatic heterocycles. The number of hydrogen-bond acceptors (Lipinski definition) is 6. The Kier molecular flexibility index (Phi) is 3.95. The van der Waals surface area contributed by atoms with Gasteiger partial charge in [-0.05, 0) is 25.7 Å². The summed E-state index contributed by atoms with van der Waals surface area (Å²) in [5.41, 5.74) is -0.455. The van der Waals surface area contributed by atoms with Crippen LogP contribution < -0.4 is 9.47 Å². The van der Waals surface area contributed by atoms with E-state index in [1.165, 1.54) is 11.3 Å². The zero-order valence-corrected chi connectivity index (χ0v) is 13.8. The van der Waals surface area contributed by atoms with Crippen LogP contribution in [-0.4, -0.2) is 60.5 Å². The van der Waals surface area contributed by atoms with Crippen LogP contribution in [0.1, 0.15) is 35.4 Å². The molecular formula is C16H21NO5S. The molecule has 23 heavy (non-hydrogen) atoms. The molecule has 2 fully saturated rings. The summed E-state index contributed by atoms with van der Waals surface area (Å²) in [6, 6.07) is 0. The van der Waals surface area contributed by atoms with Crippen molar-refractivity contribution in [3.63, 3.8) is 0 Å². The number of amides is 1. The molecule has 1 N–H and O–H groups in total. The van der Waals surface area contributed by atoms with Crippen LogP contribution in [0.2, 0.25) is 0 Å². The number of piperidine rings is 1. The van der Waals surface area contributed by atoms with E-state index in [1.54, 1.807) is 0 Å². The van der Waals surface area contributed by atoms with Crippen molar-refractivity contribution in [2.75, 3.05) is 32.9 Å². The third kappa shape index (κ3) is 2.60. The zero-order valence-electron chi connectivity index (χ0n) is 13.0. The molecule has 4 heterocycles. The summed E-state index contributed by atoms with van der Waals surface area (Å²) in [5.74, 6) is 1.24. The van der Waals surface area contributed by atoms with E-state index in [1.807, 2.05) is 10.3 Å². The van der Waals surface area contributed by atoms with Crippen molar-refractivity contribution in [2.45, 2.75) is 37.4 Å². The van der Waals surface area contributed by atoms with Gasteiger partial charge in [0.1, 0.15) is 18.1 Å². The molecular weight excluding hydrogens is 318 g/mol. The van der Waals surface area contributed by atoms with Crippen molar-refractivity contribution in [3.8, 4) is 11.5 Å². The predicted molar refractivity (Wildman–Crippen MR) is 84.4 cm³/mol. The molecule has 1 atom stereocenters. The van der Waals surface area contributed by atoms with Gasteiger partial charge in [-0.25, -0.2) is 0 Å². The van der Waals surface area contributed by atoms with Gasteiger partial charge >= 0.3 is 0 Å². The third-order valence-electron chi connectivity index (χ3n) is 5.01. The predicted octanol–water partition coefficient (Wildman–Crippen LogP) is 1.67. The van der Waals surface area contributed by atoms with Crippen LogP contribution in [0.5, 0.6) is 11.5 Å². The van der Waals surface area contributed by atoms with Gasteiger partial charge in [-0.2, -0.15) is 0 Å². The van der Waals surface area contributed by atoms with E-state index < -0.39 is 11.7 Å². The van der Waals surface area contributed by atoms with Gasteiger partial charge in [-0.15, -0.1) is 11.3 Å². The van der Waals surface area contributed by atoms with Crippen molar-refractivity contribution in [3.05, 3.63) is 10.3 Å². The molecule has 6 nitrogen and oxygen atoms in total. The molecule has 7 heteroatoms. The van der Waals surface area contributed by atoms with Crippen molar-refractivity contribution in [1.82, 2.24) is 4.90 Å². The number of likely N-dealkylation sites (tertiary alicyclic amines) is 1. The number of thiophene rings is 1. The summed E-state index contributed by atoms with van der Waals surface area (Å²) in [5, 5.41) is 12.1. The van der Waals surface area contributed by atoms with E-state index in [2.05, 4.69) is 0 Å². The Morgan fingerprint density at radius 1 is 1.26 bits per heavy atom. The van der Waals surface area contributed by atoms with Gasteiger partial charge < -0.3 is 24.2 Å². The number of hydrogen-bond donors (Lipinski definition) is 1. The first kappa shape index (κ1) is 15.2. The largest absolute Gasteiger partial charge is 0.485 e. The van der Waals surface area contributed by atoms with E-state index in [9.17, 15) is 9.90 Å². The quantitative estimate of drug-likeness (QED) is 0.843. The topological polar surface area (TPSA) is 68.2 Å². The lowest BCUT2D eigenvalue weighted by Crippen LogP contribution is -2.56. The fourth-order valence-corrected chi connectivity index (χ4v) is 4.53. The maximum Gasteiger partial charge on any atom is 0.267 e. The zero-order chi connectivity index (χ0) is 15.9. The lowest BCUT2D eigenvalue weighted by atomic mass is 9.82. The fourth-order valence-electron chi connectivity index (χ4n) is 3.63. The Labute approximate surface area is 138 Å². The van der Waals surface area contributed by atoms with E-state index in [4.69, 9.17) is 14.2 Å². The van der Waals surface area contributed by atoms with Crippen LogP contribution in [0.3, 0.4) is 0 Å². The summed E-state index contributed by atoms with van der Waals surface area (Å²) in [4.78, 5) is 15.2. The molecule has 1 amide bonds. The van der Waals surface area contributed by atoms with Crippen molar-refractivity contribution >= 4 is 17.2 Å². The Morgan fingerprint density at radius 3 is 2.83 bits per heavy atom. The third-order valence-corrected chi connectivity index (χ3v) is 5.94. The second-order valence-electron chi connectivity index (χ2n) is 6.32. The molecule has 1 spiro atoms. The number of ether oxygens (including phenoxy) is 3. The fraction of sp³-hybridized carbons (Fsp3) is 0.688. The summed E-state index contributed by atoms with van der Waals surface area (Å²) in [6.07, 6.45) is 2.65. The minimum atomic E-state index is -0.455. The molecule has 0 bridgehead atoms. The van der Waals surface area contributed by atoms with Crippen LogP contribution >= 0.6 is 11.3 Å². The summed E-state index contributed by atoms with van der Waals surface area (Å²) >= 11 is 1.37. The highest BCUT2D eigenvalue weighted by atomic mass is 32.1. The van der Waals surface area contributed by atoms with Crippen LogP contribution in [0, 0.1) is 0 Å². The van der Waals surface area contributed by atoms with E-state index in [0.717, 1.165) is 12.8 Å². The van der Waals surface area contributed by atoms with Crippen molar-refractivity contribution < 1.29 is 24.1 Å². The highest BCUT2D eigenvalue weighted by Crippen LogP contribution is 2.41. The molecule has 126 valence electrons. The normalized spacial score (nSPS) is 26.3. The van der Waals surface area contributed by atoms with Gasteiger partial charge in [-0.3, -0.25) is 4.79 Å². The van der Waals surface area contributed by atoms with Crippen LogP contribution in [0.15, 0.2) is 5.38 Å². The SMILES string of the molecule is O=C(c1scc2c1OCCO2)N1CCC2(CC1)OCCC[C@H]2O. The first-order chi connectivity index (χ1) is 11.2. The molecule has 0 radical (unpaired) electrons. The van der Waals surface area contributed by atoms with Gasteiger partial charge in [0, 0.05) is 25.1 Å². The van der Waals surface area contributed by atoms with Crippen LogP contribution in [0.25, 0.3) is 0 Å². The Balaban J connectivity index is 1.46. The van der Waals surface area contributed by atoms with Crippen molar-refractivity contribution in [2.24, 2.45) is 0 Å². The number of nitrogens with zero attached hydrogens (tertiary/aromatic N) is 1. The highest BCUT2D eigenvalue weighted by molar-refractivity contribution is 7.12. The van der Waals surface area contributed by atoms with Gasteiger partial charge in [-0.1, -0.05) is 0 Å². The lowest BCUT2D eigenvalue weighted by Gasteiger charge is -2.46. The van der Waals surface area contributed by atoms with Gasteiger partial charge in [0.25, 0.3) is 5.91 Å². The number of rotatable bonds is 1. The molecule has 0 aliphatic carbocycles. The average molecular weight is 339 g/mol. The second kappa shape index (κ2) is 5.96. The standard InChI is InChI=1S/C16H21NO5S/c18-12-2-1-7-22-16(12)3-5-17(6-4-16)15(19)14-13-11(10-23-14)20-8-9-21-13/h10,12,18H,1-9H2/t12-/m1/s1. The Hall–Kier alpha value is -1.31. The smallest absolute Gasteiger partial charge is 0.267 e. The minimum Gasteiger partial charge on any atom is -0.485 e. The van der Waals surface area contributed by atoms with E-state index in [-0.39, 0.29) is 5.91 Å². The molecule has 1 aromatic rings. The monoisotopic (exact) mass is 339 g/mol. The second-order valence-corrected chi connectivity index (χ2v) is 7.20. The maximum absolute atomic E-state index is 12.8.